The largest absolute Gasteiger partial charge is 0.359 e. The molecule has 1 fully saturated rings. The third kappa shape index (κ3) is 4.76. The number of benzene rings is 2. The molecule has 0 spiro atoms. The summed E-state index contributed by atoms with van der Waals surface area (Å²) in [5, 5.41) is 17.3. The third-order valence-electron chi connectivity index (χ3n) is 6.24. The minimum atomic E-state index is -0.229. The van der Waals surface area contributed by atoms with Crippen LogP contribution in [-0.2, 0) is 6.54 Å². The van der Waals surface area contributed by atoms with Gasteiger partial charge in [0.05, 0.1) is 12.6 Å². The van der Waals surface area contributed by atoms with Crippen LogP contribution >= 0.6 is 23.2 Å². The number of nitrogens with one attached hydrogen (secondary N) is 1. The van der Waals surface area contributed by atoms with E-state index in [1.165, 1.54) is 0 Å². The number of rotatable bonds is 5. The molecule has 1 N–H and O–H groups in total. The Balaban J connectivity index is 1.39. The number of anilines is 1. The lowest BCUT2D eigenvalue weighted by Crippen LogP contribution is -2.35. The number of hydrogen-bond acceptors (Lipinski definition) is 5. The molecule has 0 bridgehead atoms. The molecule has 1 atom stereocenters. The fraction of sp³-hybridized carbons (Fsp3) is 0.280. The van der Waals surface area contributed by atoms with Gasteiger partial charge >= 0.3 is 6.03 Å². The van der Waals surface area contributed by atoms with Gasteiger partial charge < -0.3 is 19.3 Å². The molecule has 2 amide bonds. The minimum Gasteiger partial charge on any atom is -0.359 e. The van der Waals surface area contributed by atoms with Gasteiger partial charge in [-0.15, -0.1) is 10.2 Å². The molecule has 1 aliphatic heterocycles. The molecule has 0 radical (unpaired) electrons. The number of likely N-dealkylation sites (tertiary alicyclic amines) is 1. The van der Waals surface area contributed by atoms with Gasteiger partial charge in [-0.3, -0.25) is 0 Å². The smallest absolute Gasteiger partial charge is 0.322 e. The highest BCUT2D eigenvalue weighted by molar-refractivity contribution is 6.30. The van der Waals surface area contributed by atoms with Crippen LogP contribution in [0.1, 0.15) is 41.9 Å². The number of aromatic nitrogens is 4. The van der Waals surface area contributed by atoms with Crippen LogP contribution in [0, 0.1) is 13.8 Å². The molecule has 10 heteroatoms. The second kappa shape index (κ2) is 9.71. The van der Waals surface area contributed by atoms with Crippen molar-refractivity contribution >= 4 is 34.9 Å². The van der Waals surface area contributed by atoms with Gasteiger partial charge in [0.2, 0.25) is 0 Å². The molecule has 1 unspecified atom stereocenters. The summed E-state index contributed by atoms with van der Waals surface area (Å²) in [6.45, 7) is 4.91. The zero-order chi connectivity index (χ0) is 24.5. The fourth-order valence-corrected chi connectivity index (χ4v) is 4.64. The van der Waals surface area contributed by atoms with E-state index >= 15 is 0 Å². The maximum atomic E-state index is 13.5. The van der Waals surface area contributed by atoms with Crippen molar-refractivity contribution in [3.8, 4) is 11.3 Å². The van der Waals surface area contributed by atoms with Gasteiger partial charge in [-0.25, -0.2) is 4.79 Å². The Morgan fingerprint density at radius 1 is 1.06 bits per heavy atom. The number of carbonyl (C=O) groups is 1. The van der Waals surface area contributed by atoms with Crippen molar-refractivity contribution in [3.05, 3.63) is 81.5 Å². The number of hydrogen-bond donors (Lipinski definition) is 1. The maximum absolute atomic E-state index is 13.5. The first-order valence-electron chi connectivity index (χ1n) is 11.3. The first kappa shape index (κ1) is 23.4. The summed E-state index contributed by atoms with van der Waals surface area (Å²) in [6, 6.07) is 14.5. The van der Waals surface area contributed by atoms with Gasteiger partial charge in [0.15, 0.2) is 11.6 Å². The first-order valence-corrected chi connectivity index (χ1v) is 12.1. The lowest BCUT2D eigenvalue weighted by Gasteiger charge is -2.25. The minimum absolute atomic E-state index is 0.192. The van der Waals surface area contributed by atoms with E-state index in [4.69, 9.17) is 27.7 Å². The van der Waals surface area contributed by atoms with Crippen molar-refractivity contribution in [3.63, 3.8) is 0 Å². The average Bonchev–Trinajstić information content (AvgIpc) is 3.56. The third-order valence-corrected chi connectivity index (χ3v) is 6.75. The monoisotopic (exact) mass is 510 g/mol. The molecule has 2 aromatic heterocycles. The van der Waals surface area contributed by atoms with E-state index in [9.17, 15) is 4.79 Å². The van der Waals surface area contributed by atoms with E-state index in [2.05, 4.69) is 25.2 Å². The highest BCUT2D eigenvalue weighted by atomic mass is 35.5. The molecule has 1 saturated heterocycles. The van der Waals surface area contributed by atoms with Crippen molar-refractivity contribution in [1.82, 2.24) is 24.8 Å². The second-order valence-corrected chi connectivity index (χ2v) is 9.44. The summed E-state index contributed by atoms with van der Waals surface area (Å²) >= 11 is 12.1. The second-order valence-electron chi connectivity index (χ2n) is 8.57. The van der Waals surface area contributed by atoms with Gasteiger partial charge in [0.25, 0.3) is 0 Å². The van der Waals surface area contributed by atoms with E-state index in [0.717, 1.165) is 35.6 Å². The first-order chi connectivity index (χ1) is 16.9. The normalized spacial score (nSPS) is 15.5. The summed E-state index contributed by atoms with van der Waals surface area (Å²) in [6.07, 6.45) is 1.68. The van der Waals surface area contributed by atoms with Crippen molar-refractivity contribution in [2.75, 3.05) is 11.9 Å². The van der Waals surface area contributed by atoms with Crippen molar-refractivity contribution < 1.29 is 9.32 Å². The molecule has 3 heterocycles. The lowest BCUT2D eigenvalue weighted by atomic mass is 10.1. The standard InChI is InChI=1S/C25H24Cl2N6O2/c1-15-22(23(31-35-15)18-7-11-20(27)12-8-18)28-25(34)32-13-3-4-21(32)24-30-29-16(2)33(24)14-17-5-9-19(26)10-6-17/h5-12,21H,3-4,13-14H2,1-2H3,(H,28,34). The number of nitrogens with zero attached hydrogens (tertiary/aromatic N) is 5. The number of amides is 2. The predicted molar refractivity (Wildman–Crippen MR) is 135 cm³/mol. The van der Waals surface area contributed by atoms with Gasteiger partial charge in [0, 0.05) is 22.2 Å². The van der Waals surface area contributed by atoms with Crippen molar-refractivity contribution in [2.45, 2.75) is 39.3 Å². The Morgan fingerprint density at radius 2 is 1.74 bits per heavy atom. The highest BCUT2D eigenvalue weighted by Crippen LogP contribution is 2.35. The SMILES string of the molecule is Cc1onc(-c2ccc(Cl)cc2)c1NC(=O)N1CCCC1c1nnc(C)n1Cc1ccc(Cl)cc1. The van der Waals surface area contributed by atoms with E-state index in [-0.39, 0.29) is 12.1 Å². The van der Waals surface area contributed by atoms with Crippen LogP contribution in [0.2, 0.25) is 10.0 Å². The molecule has 8 nitrogen and oxygen atoms in total. The molecule has 0 aliphatic carbocycles. The molecular formula is C25H24Cl2N6O2. The Bertz CT molecular complexity index is 1350. The number of halogens is 2. The van der Waals surface area contributed by atoms with E-state index < -0.39 is 0 Å². The number of aryl methyl sites for hydroxylation is 2. The van der Waals surface area contributed by atoms with Gasteiger partial charge in [-0.05, 0) is 56.5 Å². The summed E-state index contributed by atoms with van der Waals surface area (Å²) in [7, 11) is 0. The predicted octanol–water partition coefficient (Wildman–Crippen LogP) is 6.27. The van der Waals surface area contributed by atoms with Crippen molar-refractivity contribution in [1.29, 1.82) is 0 Å². The van der Waals surface area contributed by atoms with E-state index in [0.29, 0.717) is 40.3 Å². The fourth-order valence-electron chi connectivity index (χ4n) is 4.39. The van der Waals surface area contributed by atoms with Crippen LogP contribution in [0.5, 0.6) is 0 Å². The van der Waals surface area contributed by atoms with Crippen LogP contribution in [0.3, 0.4) is 0 Å². The van der Waals surface area contributed by atoms with E-state index in [1.54, 1.807) is 24.0 Å². The molecule has 1 aliphatic rings. The van der Waals surface area contributed by atoms with Crippen molar-refractivity contribution in [2.24, 2.45) is 0 Å². The molecule has 4 aromatic rings. The summed E-state index contributed by atoms with van der Waals surface area (Å²) < 4.78 is 7.46. The highest BCUT2D eigenvalue weighted by Gasteiger charge is 2.35. The summed E-state index contributed by atoms with van der Waals surface area (Å²) in [4.78, 5) is 15.3. The quantitative estimate of drug-likeness (QED) is 0.341. The average molecular weight is 511 g/mol. The molecule has 35 heavy (non-hydrogen) atoms. The Morgan fingerprint density at radius 3 is 2.46 bits per heavy atom. The van der Waals surface area contributed by atoms with Crippen LogP contribution < -0.4 is 5.32 Å². The maximum Gasteiger partial charge on any atom is 0.322 e. The number of urea groups is 1. The van der Waals surface area contributed by atoms with E-state index in [1.807, 2.05) is 43.3 Å². The lowest BCUT2D eigenvalue weighted by molar-refractivity contribution is 0.203. The summed E-state index contributed by atoms with van der Waals surface area (Å²) in [5.74, 6) is 2.09. The molecular weight excluding hydrogens is 487 g/mol. The molecule has 180 valence electrons. The van der Waals surface area contributed by atoms with Crippen LogP contribution in [0.4, 0.5) is 10.5 Å². The molecule has 5 rings (SSSR count). The summed E-state index contributed by atoms with van der Waals surface area (Å²) in [5.41, 5.74) is 2.99. The molecule has 0 saturated carbocycles. The van der Waals surface area contributed by atoms with Gasteiger partial charge in [-0.2, -0.15) is 0 Å². The van der Waals surface area contributed by atoms with Crippen LogP contribution in [-0.4, -0.2) is 37.4 Å². The molecule has 2 aromatic carbocycles. The van der Waals surface area contributed by atoms with Gasteiger partial charge in [-0.1, -0.05) is 52.6 Å². The topological polar surface area (TPSA) is 89.1 Å². The Hall–Kier alpha value is -3.36. The number of carbonyl (C=O) groups excluding carboxylic acids is 1. The van der Waals surface area contributed by atoms with Crippen LogP contribution in [0.25, 0.3) is 11.3 Å². The zero-order valence-corrected chi connectivity index (χ0v) is 20.8. The Labute approximate surface area is 212 Å². The Kier molecular flexibility index (Phi) is 6.49. The van der Waals surface area contributed by atoms with Crippen LogP contribution in [0.15, 0.2) is 53.1 Å². The zero-order valence-electron chi connectivity index (χ0n) is 19.3. The van der Waals surface area contributed by atoms with Gasteiger partial charge in [0.1, 0.15) is 17.2 Å².